The van der Waals surface area contributed by atoms with E-state index in [4.69, 9.17) is 4.74 Å². The van der Waals surface area contributed by atoms with E-state index < -0.39 is 0 Å². The van der Waals surface area contributed by atoms with Crippen LogP contribution >= 0.6 is 0 Å². The van der Waals surface area contributed by atoms with Crippen LogP contribution in [0.4, 0.5) is 0 Å². The number of aryl methyl sites for hydroxylation is 1. The van der Waals surface area contributed by atoms with Crippen LogP contribution in [-0.4, -0.2) is 46.2 Å². The van der Waals surface area contributed by atoms with E-state index >= 15 is 0 Å². The summed E-state index contributed by atoms with van der Waals surface area (Å²) in [6.07, 6.45) is 1.49. The molecule has 1 atom stereocenters. The predicted octanol–water partition coefficient (Wildman–Crippen LogP) is 0.952. The Balaban J connectivity index is 1.86. The van der Waals surface area contributed by atoms with E-state index in [0.29, 0.717) is 30.6 Å². The van der Waals surface area contributed by atoms with Crippen LogP contribution in [0.2, 0.25) is 0 Å². The van der Waals surface area contributed by atoms with Crippen LogP contribution < -0.4 is 5.56 Å². The zero-order valence-electron chi connectivity index (χ0n) is 12.8. The van der Waals surface area contributed by atoms with Crippen molar-refractivity contribution >= 4 is 16.8 Å². The van der Waals surface area contributed by atoms with Gasteiger partial charge in [0.25, 0.3) is 5.56 Å². The Morgan fingerprint density at radius 1 is 1.45 bits per heavy atom. The second-order valence-corrected chi connectivity index (χ2v) is 5.67. The number of hydrogen-bond donors (Lipinski definition) is 0. The fourth-order valence-electron chi connectivity index (χ4n) is 2.74. The number of aromatic nitrogens is 2. The van der Waals surface area contributed by atoms with Gasteiger partial charge < -0.3 is 9.64 Å². The molecule has 0 saturated carbocycles. The molecule has 1 saturated heterocycles. The summed E-state index contributed by atoms with van der Waals surface area (Å²) in [6, 6.07) is 5.49. The zero-order valence-corrected chi connectivity index (χ0v) is 12.8. The zero-order chi connectivity index (χ0) is 15.7. The van der Waals surface area contributed by atoms with E-state index in [0.717, 1.165) is 5.56 Å². The van der Waals surface area contributed by atoms with E-state index in [2.05, 4.69) is 4.98 Å². The van der Waals surface area contributed by atoms with Gasteiger partial charge in [-0.05, 0) is 25.5 Å². The average Bonchev–Trinajstić information content (AvgIpc) is 2.50. The minimum atomic E-state index is -0.177. The van der Waals surface area contributed by atoms with Gasteiger partial charge in [-0.2, -0.15) is 0 Å². The van der Waals surface area contributed by atoms with Gasteiger partial charge in [0.1, 0.15) is 6.54 Å². The summed E-state index contributed by atoms with van der Waals surface area (Å²) in [5.41, 5.74) is 1.47. The van der Waals surface area contributed by atoms with Crippen molar-refractivity contribution in [3.05, 3.63) is 40.4 Å². The van der Waals surface area contributed by atoms with Gasteiger partial charge >= 0.3 is 0 Å². The first-order chi connectivity index (χ1) is 10.6. The molecule has 0 bridgehead atoms. The van der Waals surface area contributed by atoms with E-state index in [9.17, 15) is 9.59 Å². The van der Waals surface area contributed by atoms with Gasteiger partial charge in [0.15, 0.2) is 0 Å². The summed E-state index contributed by atoms with van der Waals surface area (Å²) in [5, 5.41) is 0.547. The summed E-state index contributed by atoms with van der Waals surface area (Å²) in [7, 11) is 0. The predicted molar refractivity (Wildman–Crippen MR) is 82.7 cm³/mol. The van der Waals surface area contributed by atoms with Crippen LogP contribution in [-0.2, 0) is 16.1 Å². The Hall–Kier alpha value is -2.21. The van der Waals surface area contributed by atoms with Gasteiger partial charge in [0.2, 0.25) is 5.91 Å². The van der Waals surface area contributed by atoms with Crippen LogP contribution in [0, 0.1) is 6.92 Å². The minimum absolute atomic E-state index is 0.0163. The molecule has 116 valence electrons. The maximum Gasteiger partial charge on any atom is 0.261 e. The second-order valence-electron chi connectivity index (χ2n) is 5.67. The highest BCUT2D eigenvalue weighted by molar-refractivity contribution is 5.81. The Bertz CT molecular complexity index is 769. The number of benzene rings is 1. The fraction of sp³-hybridized carbons (Fsp3) is 0.438. The summed E-state index contributed by atoms with van der Waals surface area (Å²) in [4.78, 5) is 30.9. The number of morpholine rings is 1. The highest BCUT2D eigenvalue weighted by Gasteiger charge is 2.22. The maximum atomic E-state index is 12.5. The fourth-order valence-corrected chi connectivity index (χ4v) is 2.74. The number of carbonyl (C=O) groups is 1. The first-order valence-electron chi connectivity index (χ1n) is 7.40. The van der Waals surface area contributed by atoms with Crippen molar-refractivity contribution in [1.29, 1.82) is 0 Å². The van der Waals surface area contributed by atoms with Crippen molar-refractivity contribution in [3.63, 3.8) is 0 Å². The topological polar surface area (TPSA) is 64.4 Å². The molecule has 1 aliphatic heterocycles. The molecule has 1 fully saturated rings. The molecular formula is C16H19N3O3. The number of amides is 1. The third-order valence-electron chi connectivity index (χ3n) is 3.95. The SMILES string of the molecule is Cc1cccc2c(=O)n(CC(=O)N3CCO[C@H](C)C3)cnc12. The number of nitrogens with zero attached hydrogens (tertiary/aromatic N) is 3. The van der Waals surface area contributed by atoms with E-state index in [1.54, 1.807) is 11.0 Å². The molecule has 1 amide bonds. The first-order valence-corrected chi connectivity index (χ1v) is 7.40. The molecule has 22 heavy (non-hydrogen) atoms. The molecule has 0 spiro atoms. The Labute approximate surface area is 128 Å². The standard InChI is InChI=1S/C16H19N3O3/c1-11-4-3-5-13-15(11)17-10-19(16(13)21)9-14(20)18-6-7-22-12(2)8-18/h3-5,10,12H,6-9H2,1-2H3/t12-/m1/s1. The van der Waals surface area contributed by atoms with Gasteiger partial charge in [-0.1, -0.05) is 12.1 Å². The van der Waals surface area contributed by atoms with Crippen LogP contribution in [0.25, 0.3) is 10.9 Å². The third kappa shape index (κ3) is 2.74. The quantitative estimate of drug-likeness (QED) is 0.828. The summed E-state index contributed by atoms with van der Waals surface area (Å²) in [6.45, 7) is 5.54. The number of carbonyl (C=O) groups excluding carboxylic acids is 1. The summed E-state index contributed by atoms with van der Waals surface area (Å²) < 4.78 is 6.81. The van der Waals surface area contributed by atoms with Crippen LogP contribution in [0.5, 0.6) is 0 Å². The lowest BCUT2D eigenvalue weighted by Gasteiger charge is -2.31. The highest BCUT2D eigenvalue weighted by atomic mass is 16.5. The van der Waals surface area contributed by atoms with Crippen molar-refractivity contribution in [2.75, 3.05) is 19.7 Å². The summed E-state index contributed by atoms with van der Waals surface area (Å²) >= 11 is 0. The monoisotopic (exact) mass is 301 g/mol. The van der Waals surface area contributed by atoms with Gasteiger partial charge in [-0.25, -0.2) is 4.98 Å². The van der Waals surface area contributed by atoms with E-state index in [1.807, 2.05) is 26.0 Å². The maximum absolute atomic E-state index is 12.5. The molecule has 3 rings (SSSR count). The Morgan fingerprint density at radius 3 is 3.05 bits per heavy atom. The molecule has 0 aliphatic carbocycles. The molecule has 2 aromatic rings. The second kappa shape index (κ2) is 5.88. The molecule has 1 aromatic heterocycles. The van der Waals surface area contributed by atoms with Crippen LogP contribution in [0.1, 0.15) is 12.5 Å². The van der Waals surface area contributed by atoms with Crippen molar-refractivity contribution in [2.45, 2.75) is 26.5 Å². The first kappa shape index (κ1) is 14.7. The molecule has 1 aliphatic rings. The number of para-hydroxylation sites is 1. The average molecular weight is 301 g/mol. The van der Waals surface area contributed by atoms with Gasteiger partial charge in [-0.3, -0.25) is 14.2 Å². The molecule has 2 heterocycles. The van der Waals surface area contributed by atoms with E-state index in [1.165, 1.54) is 10.9 Å². The molecule has 6 heteroatoms. The minimum Gasteiger partial charge on any atom is -0.375 e. The molecule has 0 N–H and O–H groups in total. The number of fused-ring (bicyclic) bond motifs is 1. The normalized spacial score (nSPS) is 18.6. The molecule has 0 unspecified atom stereocenters. The molecule has 6 nitrogen and oxygen atoms in total. The Kier molecular flexibility index (Phi) is 3.94. The van der Waals surface area contributed by atoms with Gasteiger partial charge in [0, 0.05) is 13.1 Å². The van der Waals surface area contributed by atoms with Gasteiger partial charge in [-0.15, -0.1) is 0 Å². The Morgan fingerprint density at radius 2 is 2.27 bits per heavy atom. The molecule has 0 radical (unpaired) electrons. The summed E-state index contributed by atoms with van der Waals surface area (Å²) in [5.74, 6) is -0.0777. The number of ether oxygens (including phenoxy) is 1. The number of hydrogen-bond acceptors (Lipinski definition) is 4. The smallest absolute Gasteiger partial charge is 0.261 e. The van der Waals surface area contributed by atoms with Gasteiger partial charge in [0.05, 0.1) is 29.9 Å². The van der Waals surface area contributed by atoms with Crippen molar-refractivity contribution in [2.24, 2.45) is 0 Å². The lowest BCUT2D eigenvalue weighted by Crippen LogP contribution is -2.46. The lowest BCUT2D eigenvalue weighted by atomic mass is 10.1. The van der Waals surface area contributed by atoms with Crippen molar-refractivity contribution < 1.29 is 9.53 Å². The largest absolute Gasteiger partial charge is 0.375 e. The van der Waals surface area contributed by atoms with Crippen molar-refractivity contribution in [3.8, 4) is 0 Å². The lowest BCUT2D eigenvalue weighted by molar-refractivity contribution is -0.138. The van der Waals surface area contributed by atoms with Crippen LogP contribution in [0.15, 0.2) is 29.3 Å². The van der Waals surface area contributed by atoms with E-state index in [-0.39, 0.29) is 24.1 Å². The number of rotatable bonds is 2. The molecular weight excluding hydrogens is 282 g/mol. The van der Waals surface area contributed by atoms with Crippen molar-refractivity contribution in [1.82, 2.24) is 14.5 Å². The molecule has 1 aromatic carbocycles. The van der Waals surface area contributed by atoms with Crippen LogP contribution in [0.3, 0.4) is 0 Å². The third-order valence-corrected chi connectivity index (χ3v) is 3.95. The highest BCUT2D eigenvalue weighted by Crippen LogP contribution is 2.11.